The number of aryl methyl sites for hydroxylation is 2. The quantitative estimate of drug-likeness (QED) is 0.728. The number of carbonyl (C=O) groups is 1. The Labute approximate surface area is 179 Å². The van der Waals surface area contributed by atoms with Crippen molar-refractivity contribution < 1.29 is 13.2 Å². The second kappa shape index (κ2) is 9.06. The lowest BCUT2D eigenvalue weighted by molar-refractivity contribution is -0.131. The molecule has 1 amide bonds. The molecule has 0 aliphatic carbocycles. The molecule has 0 spiro atoms. The van der Waals surface area contributed by atoms with Crippen molar-refractivity contribution in [2.45, 2.75) is 62.7 Å². The van der Waals surface area contributed by atoms with Gasteiger partial charge in [0.15, 0.2) is 0 Å². The van der Waals surface area contributed by atoms with Crippen LogP contribution in [0.5, 0.6) is 0 Å². The van der Waals surface area contributed by atoms with Crippen LogP contribution in [-0.4, -0.2) is 59.3 Å². The number of fused-ring (bicyclic) bond motifs is 1. The molecule has 164 valence electrons. The summed E-state index contributed by atoms with van der Waals surface area (Å²) in [6.45, 7) is 2.90. The maximum Gasteiger partial charge on any atom is 0.243 e. The van der Waals surface area contributed by atoms with Gasteiger partial charge in [-0.3, -0.25) is 4.79 Å². The van der Waals surface area contributed by atoms with Gasteiger partial charge in [0, 0.05) is 46.1 Å². The van der Waals surface area contributed by atoms with Gasteiger partial charge >= 0.3 is 0 Å². The lowest BCUT2D eigenvalue weighted by atomic mass is 10.2. The third-order valence-electron chi connectivity index (χ3n) is 6.42. The van der Waals surface area contributed by atoms with Crippen LogP contribution >= 0.6 is 0 Å². The maximum absolute atomic E-state index is 13.0. The van der Waals surface area contributed by atoms with Gasteiger partial charge in [0.2, 0.25) is 15.9 Å². The molecule has 2 aliphatic heterocycles. The van der Waals surface area contributed by atoms with E-state index < -0.39 is 10.0 Å². The summed E-state index contributed by atoms with van der Waals surface area (Å²) in [6, 6.07) is 5.19. The number of rotatable bonds is 5. The topological polar surface area (TPSA) is 75.5 Å². The molecule has 4 rings (SSSR count). The first-order valence-electron chi connectivity index (χ1n) is 11.2. The number of likely N-dealkylation sites (tertiary alicyclic amines) is 1. The molecule has 1 aromatic carbocycles. The molecule has 0 bridgehead atoms. The number of carbonyl (C=O) groups excluding carboxylic acids is 1. The van der Waals surface area contributed by atoms with Gasteiger partial charge in [0.05, 0.1) is 15.9 Å². The number of amides is 1. The van der Waals surface area contributed by atoms with Crippen molar-refractivity contribution >= 4 is 27.0 Å². The van der Waals surface area contributed by atoms with E-state index in [2.05, 4.69) is 4.98 Å². The van der Waals surface area contributed by atoms with Crippen molar-refractivity contribution in [3.05, 3.63) is 24.0 Å². The molecular formula is C22H32N4O3S. The maximum atomic E-state index is 13.0. The summed E-state index contributed by atoms with van der Waals surface area (Å²) >= 11 is 0. The average molecular weight is 433 g/mol. The summed E-state index contributed by atoms with van der Waals surface area (Å²) in [5, 5.41) is 0. The molecule has 8 heteroatoms. The first-order chi connectivity index (χ1) is 14.5. The largest absolute Gasteiger partial charge is 0.343 e. The minimum atomic E-state index is -3.48. The van der Waals surface area contributed by atoms with Crippen molar-refractivity contribution in [2.75, 3.05) is 26.2 Å². The molecule has 2 saturated heterocycles. The normalized spacial score (nSPS) is 19.2. The number of sulfonamides is 1. The van der Waals surface area contributed by atoms with Crippen LogP contribution in [-0.2, 0) is 28.3 Å². The minimum absolute atomic E-state index is 0.192. The second-order valence-corrected chi connectivity index (χ2v) is 10.4. The summed E-state index contributed by atoms with van der Waals surface area (Å²) in [7, 11) is -1.55. The zero-order valence-corrected chi connectivity index (χ0v) is 18.7. The van der Waals surface area contributed by atoms with Crippen LogP contribution in [0, 0.1) is 0 Å². The summed E-state index contributed by atoms with van der Waals surface area (Å²) in [5.74, 6) is 1.01. The Hall–Kier alpha value is -1.93. The number of hydrogen-bond donors (Lipinski definition) is 0. The van der Waals surface area contributed by atoms with E-state index in [1.807, 2.05) is 22.6 Å². The highest BCUT2D eigenvalue weighted by molar-refractivity contribution is 7.89. The number of imidazole rings is 1. The molecule has 0 radical (unpaired) electrons. The summed E-state index contributed by atoms with van der Waals surface area (Å²) in [4.78, 5) is 19.6. The Kier molecular flexibility index (Phi) is 6.43. The number of hydrogen-bond acceptors (Lipinski definition) is 4. The highest BCUT2D eigenvalue weighted by Crippen LogP contribution is 2.25. The molecule has 1 aromatic heterocycles. The monoisotopic (exact) mass is 432 g/mol. The molecule has 7 nitrogen and oxygen atoms in total. The van der Waals surface area contributed by atoms with E-state index in [9.17, 15) is 13.2 Å². The average Bonchev–Trinajstić information content (AvgIpc) is 2.93. The smallest absolute Gasteiger partial charge is 0.243 e. The van der Waals surface area contributed by atoms with E-state index in [0.29, 0.717) is 36.3 Å². The summed E-state index contributed by atoms with van der Waals surface area (Å²) < 4.78 is 29.5. The van der Waals surface area contributed by atoms with Gasteiger partial charge in [-0.2, -0.15) is 4.31 Å². The minimum Gasteiger partial charge on any atom is -0.343 e. The Bertz CT molecular complexity index is 1000. The van der Waals surface area contributed by atoms with Crippen LogP contribution in [0.25, 0.3) is 11.0 Å². The first-order valence-corrected chi connectivity index (χ1v) is 12.6. The SMILES string of the molecule is Cn1c(CCC(=O)N2CCCCCC2)nc2cc(S(=O)(=O)N3CCCCC3)ccc21. The third-order valence-corrected chi connectivity index (χ3v) is 8.31. The van der Waals surface area contributed by atoms with Crippen LogP contribution in [0.1, 0.15) is 57.2 Å². The van der Waals surface area contributed by atoms with Gasteiger partial charge < -0.3 is 9.47 Å². The molecule has 0 N–H and O–H groups in total. The molecule has 2 aliphatic rings. The van der Waals surface area contributed by atoms with Crippen molar-refractivity contribution in [2.24, 2.45) is 7.05 Å². The van der Waals surface area contributed by atoms with E-state index in [1.165, 1.54) is 12.8 Å². The van der Waals surface area contributed by atoms with Gasteiger partial charge in [-0.05, 0) is 43.9 Å². The highest BCUT2D eigenvalue weighted by Gasteiger charge is 2.26. The van der Waals surface area contributed by atoms with E-state index in [1.54, 1.807) is 16.4 Å². The van der Waals surface area contributed by atoms with Crippen LogP contribution < -0.4 is 0 Å². The predicted molar refractivity (Wildman–Crippen MR) is 117 cm³/mol. The molecule has 0 unspecified atom stereocenters. The fourth-order valence-corrected chi connectivity index (χ4v) is 6.10. The second-order valence-electron chi connectivity index (χ2n) is 8.50. The highest BCUT2D eigenvalue weighted by atomic mass is 32.2. The summed E-state index contributed by atoms with van der Waals surface area (Å²) in [6.07, 6.45) is 8.52. The van der Waals surface area contributed by atoms with Gasteiger partial charge in [0.1, 0.15) is 5.82 Å². The van der Waals surface area contributed by atoms with Crippen LogP contribution in [0.4, 0.5) is 0 Å². The van der Waals surface area contributed by atoms with Crippen molar-refractivity contribution in [3.63, 3.8) is 0 Å². The fraction of sp³-hybridized carbons (Fsp3) is 0.636. The Balaban J connectivity index is 1.50. The zero-order valence-electron chi connectivity index (χ0n) is 17.8. The molecule has 30 heavy (non-hydrogen) atoms. The molecule has 0 atom stereocenters. The standard InChI is InChI=1S/C22H32N4O3S/c1-24-20-10-9-18(30(28,29)26-15-7-4-8-16-26)17-19(20)23-21(24)11-12-22(27)25-13-5-2-3-6-14-25/h9-10,17H,2-8,11-16H2,1H3. The Morgan fingerprint density at radius 2 is 1.60 bits per heavy atom. The lowest BCUT2D eigenvalue weighted by Crippen LogP contribution is -2.35. The first kappa shape index (κ1) is 21.3. The number of aromatic nitrogens is 2. The molecule has 0 saturated carbocycles. The zero-order chi connectivity index (χ0) is 21.1. The van der Waals surface area contributed by atoms with Crippen LogP contribution in [0.15, 0.2) is 23.1 Å². The van der Waals surface area contributed by atoms with Gasteiger partial charge in [-0.25, -0.2) is 13.4 Å². The van der Waals surface area contributed by atoms with E-state index in [-0.39, 0.29) is 5.91 Å². The predicted octanol–water partition coefficient (Wildman–Crippen LogP) is 3.08. The van der Waals surface area contributed by atoms with Gasteiger partial charge in [-0.15, -0.1) is 0 Å². The van der Waals surface area contributed by atoms with Crippen LogP contribution in [0.2, 0.25) is 0 Å². The van der Waals surface area contributed by atoms with E-state index in [4.69, 9.17) is 0 Å². The lowest BCUT2D eigenvalue weighted by Gasteiger charge is -2.25. The third kappa shape index (κ3) is 4.39. The Morgan fingerprint density at radius 3 is 2.30 bits per heavy atom. The fourth-order valence-electron chi connectivity index (χ4n) is 4.56. The Morgan fingerprint density at radius 1 is 0.967 bits per heavy atom. The number of nitrogens with zero attached hydrogens (tertiary/aromatic N) is 4. The number of piperidine rings is 1. The van der Waals surface area contributed by atoms with Gasteiger partial charge in [0.25, 0.3) is 0 Å². The molecule has 3 heterocycles. The molecule has 2 aromatic rings. The molecular weight excluding hydrogens is 400 g/mol. The van der Waals surface area contributed by atoms with Crippen molar-refractivity contribution in [3.8, 4) is 0 Å². The van der Waals surface area contributed by atoms with E-state index in [0.717, 1.165) is 56.5 Å². The number of benzene rings is 1. The van der Waals surface area contributed by atoms with Crippen LogP contribution in [0.3, 0.4) is 0 Å². The molecule has 2 fully saturated rings. The summed E-state index contributed by atoms with van der Waals surface area (Å²) in [5.41, 5.74) is 1.57. The van der Waals surface area contributed by atoms with Crippen molar-refractivity contribution in [1.29, 1.82) is 0 Å². The van der Waals surface area contributed by atoms with Gasteiger partial charge in [-0.1, -0.05) is 19.3 Å². The van der Waals surface area contributed by atoms with Crippen molar-refractivity contribution in [1.82, 2.24) is 18.8 Å². The van der Waals surface area contributed by atoms with E-state index >= 15 is 0 Å².